The summed E-state index contributed by atoms with van der Waals surface area (Å²) in [6.45, 7) is 6.02. The molecule has 2 rings (SSSR count). The molecule has 3 nitrogen and oxygen atoms in total. The van der Waals surface area contributed by atoms with Gasteiger partial charge < -0.3 is 9.47 Å². The summed E-state index contributed by atoms with van der Waals surface area (Å²) in [6.07, 6.45) is 2.73. The smallest absolute Gasteiger partial charge is 0.330 e. The number of hydrogen-bond acceptors (Lipinski definition) is 3. The van der Waals surface area contributed by atoms with Crippen LogP contribution in [-0.4, -0.2) is 18.7 Å². The molecule has 0 spiro atoms. The summed E-state index contributed by atoms with van der Waals surface area (Å²) in [5.74, 6) is -0.368. The molecule has 0 N–H and O–H groups in total. The van der Waals surface area contributed by atoms with Crippen LogP contribution in [-0.2, 0) is 19.9 Å². The van der Waals surface area contributed by atoms with E-state index in [1.54, 1.807) is 0 Å². The maximum atomic E-state index is 11.1. The second-order valence-corrected chi connectivity index (χ2v) is 4.64. The highest BCUT2D eigenvalue weighted by Crippen LogP contribution is 2.43. The molecule has 1 fully saturated rings. The quantitative estimate of drug-likeness (QED) is 0.440. The SMILES string of the molecule is C=CC(=O)OC(C)CCC1(c2ccccc2)CO1. The van der Waals surface area contributed by atoms with Gasteiger partial charge in [0.15, 0.2) is 0 Å². The van der Waals surface area contributed by atoms with E-state index in [0.29, 0.717) is 0 Å². The van der Waals surface area contributed by atoms with Crippen molar-refractivity contribution in [2.75, 3.05) is 6.61 Å². The summed E-state index contributed by atoms with van der Waals surface area (Å²) < 4.78 is 10.7. The molecular weight excluding hydrogens is 228 g/mol. The first-order chi connectivity index (χ1) is 8.66. The predicted molar refractivity (Wildman–Crippen MR) is 69.1 cm³/mol. The Kier molecular flexibility index (Phi) is 3.82. The Bertz CT molecular complexity index is 421. The second kappa shape index (κ2) is 5.36. The molecule has 0 radical (unpaired) electrons. The molecule has 1 aromatic carbocycles. The van der Waals surface area contributed by atoms with Crippen LogP contribution >= 0.6 is 0 Å². The van der Waals surface area contributed by atoms with Crippen LogP contribution in [0.3, 0.4) is 0 Å². The molecule has 0 aromatic heterocycles. The van der Waals surface area contributed by atoms with Crippen LogP contribution in [0.15, 0.2) is 43.0 Å². The molecule has 0 saturated carbocycles. The molecule has 1 aliphatic heterocycles. The Morgan fingerprint density at radius 3 is 2.78 bits per heavy atom. The minimum Gasteiger partial charge on any atom is -0.460 e. The van der Waals surface area contributed by atoms with Crippen molar-refractivity contribution < 1.29 is 14.3 Å². The largest absolute Gasteiger partial charge is 0.460 e. The summed E-state index contributed by atoms with van der Waals surface area (Å²) in [4.78, 5) is 11.1. The van der Waals surface area contributed by atoms with Crippen molar-refractivity contribution in [1.29, 1.82) is 0 Å². The van der Waals surface area contributed by atoms with Gasteiger partial charge in [-0.1, -0.05) is 36.9 Å². The molecule has 0 amide bonds. The highest BCUT2D eigenvalue weighted by atomic mass is 16.6. The third-order valence-electron chi connectivity index (χ3n) is 3.23. The molecule has 3 heteroatoms. The lowest BCUT2D eigenvalue weighted by Gasteiger charge is -2.16. The molecule has 2 unspecified atom stereocenters. The first-order valence-electron chi connectivity index (χ1n) is 6.19. The third kappa shape index (κ3) is 2.99. The van der Waals surface area contributed by atoms with Crippen LogP contribution in [0, 0.1) is 0 Å². The lowest BCUT2D eigenvalue weighted by molar-refractivity contribution is -0.142. The first-order valence-corrected chi connectivity index (χ1v) is 6.19. The van der Waals surface area contributed by atoms with E-state index in [1.165, 1.54) is 11.6 Å². The van der Waals surface area contributed by atoms with E-state index in [9.17, 15) is 4.79 Å². The summed E-state index contributed by atoms with van der Waals surface area (Å²) >= 11 is 0. The molecule has 2 atom stereocenters. The maximum Gasteiger partial charge on any atom is 0.330 e. The van der Waals surface area contributed by atoms with E-state index in [4.69, 9.17) is 9.47 Å². The van der Waals surface area contributed by atoms with Crippen molar-refractivity contribution in [3.8, 4) is 0 Å². The molecule has 1 aromatic rings. The average molecular weight is 246 g/mol. The fourth-order valence-electron chi connectivity index (χ4n) is 2.03. The van der Waals surface area contributed by atoms with Crippen LogP contribution in [0.5, 0.6) is 0 Å². The van der Waals surface area contributed by atoms with Crippen LogP contribution in [0.2, 0.25) is 0 Å². The number of carbonyl (C=O) groups is 1. The molecule has 18 heavy (non-hydrogen) atoms. The standard InChI is InChI=1S/C15H18O3/c1-3-14(16)18-12(2)9-10-15(11-17-15)13-7-5-4-6-8-13/h3-8,12H,1,9-11H2,2H3. The summed E-state index contributed by atoms with van der Waals surface area (Å²) in [6, 6.07) is 10.2. The fraction of sp³-hybridized carbons (Fsp3) is 0.400. The van der Waals surface area contributed by atoms with Gasteiger partial charge in [0.2, 0.25) is 0 Å². The molecule has 1 aliphatic rings. The van der Waals surface area contributed by atoms with Crippen molar-refractivity contribution >= 4 is 5.97 Å². The van der Waals surface area contributed by atoms with E-state index in [0.717, 1.165) is 19.4 Å². The van der Waals surface area contributed by atoms with Gasteiger partial charge in [-0.05, 0) is 25.3 Å². The number of benzene rings is 1. The Morgan fingerprint density at radius 1 is 1.56 bits per heavy atom. The van der Waals surface area contributed by atoms with Gasteiger partial charge in [-0.3, -0.25) is 0 Å². The third-order valence-corrected chi connectivity index (χ3v) is 3.23. The van der Waals surface area contributed by atoms with Gasteiger partial charge in [0.05, 0.1) is 12.7 Å². The highest BCUT2D eigenvalue weighted by Gasteiger charge is 2.45. The van der Waals surface area contributed by atoms with Crippen LogP contribution < -0.4 is 0 Å². The van der Waals surface area contributed by atoms with E-state index in [2.05, 4.69) is 18.7 Å². The minimum absolute atomic E-state index is 0.111. The van der Waals surface area contributed by atoms with Crippen LogP contribution in [0.1, 0.15) is 25.3 Å². The van der Waals surface area contributed by atoms with Gasteiger partial charge >= 0.3 is 5.97 Å². The van der Waals surface area contributed by atoms with Crippen molar-refractivity contribution in [1.82, 2.24) is 0 Å². The van der Waals surface area contributed by atoms with Crippen molar-refractivity contribution in [2.45, 2.75) is 31.5 Å². The van der Waals surface area contributed by atoms with Crippen LogP contribution in [0.4, 0.5) is 0 Å². The molecule has 1 saturated heterocycles. The van der Waals surface area contributed by atoms with Gasteiger partial charge in [-0.2, -0.15) is 0 Å². The second-order valence-electron chi connectivity index (χ2n) is 4.64. The average Bonchev–Trinajstić information content (AvgIpc) is 3.18. The zero-order valence-corrected chi connectivity index (χ0v) is 10.6. The fourth-order valence-corrected chi connectivity index (χ4v) is 2.03. The lowest BCUT2D eigenvalue weighted by Crippen LogP contribution is -2.17. The van der Waals surface area contributed by atoms with Gasteiger partial charge in [-0.25, -0.2) is 4.79 Å². The predicted octanol–water partition coefficient (Wildman–Crippen LogP) is 2.81. The van der Waals surface area contributed by atoms with Crippen molar-refractivity contribution in [3.63, 3.8) is 0 Å². The van der Waals surface area contributed by atoms with Crippen molar-refractivity contribution in [3.05, 3.63) is 48.6 Å². The zero-order valence-electron chi connectivity index (χ0n) is 10.6. The number of ether oxygens (including phenoxy) is 2. The zero-order chi connectivity index (χ0) is 13.0. The first kappa shape index (κ1) is 12.8. The van der Waals surface area contributed by atoms with Gasteiger partial charge in [0.1, 0.15) is 5.60 Å². The Balaban J connectivity index is 1.87. The number of carbonyl (C=O) groups excluding carboxylic acids is 1. The molecule has 0 bridgehead atoms. The van der Waals surface area contributed by atoms with Gasteiger partial charge in [-0.15, -0.1) is 0 Å². The van der Waals surface area contributed by atoms with E-state index >= 15 is 0 Å². The number of esters is 1. The number of epoxide rings is 1. The summed E-state index contributed by atoms with van der Waals surface area (Å²) in [5, 5.41) is 0. The summed E-state index contributed by atoms with van der Waals surface area (Å²) in [7, 11) is 0. The minimum atomic E-state index is -0.368. The maximum absolute atomic E-state index is 11.1. The van der Waals surface area contributed by atoms with Gasteiger partial charge in [0.25, 0.3) is 0 Å². The van der Waals surface area contributed by atoms with Gasteiger partial charge in [0, 0.05) is 6.08 Å². The van der Waals surface area contributed by atoms with E-state index < -0.39 is 0 Å². The van der Waals surface area contributed by atoms with Crippen molar-refractivity contribution in [2.24, 2.45) is 0 Å². The lowest BCUT2D eigenvalue weighted by atomic mass is 9.94. The summed E-state index contributed by atoms with van der Waals surface area (Å²) in [5.41, 5.74) is 1.04. The molecule has 0 aliphatic carbocycles. The van der Waals surface area contributed by atoms with E-state index in [1.807, 2.05) is 25.1 Å². The van der Waals surface area contributed by atoms with E-state index in [-0.39, 0.29) is 17.7 Å². The molecule has 1 heterocycles. The number of rotatable bonds is 6. The highest BCUT2D eigenvalue weighted by molar-refractivity contribution is 5.81. The van der Waals surface area contributed by atoms with Crippen LogP contribution in [0.25, 0.3) is 0 Å². The normalized spacial score (nSPS) is 23.2. The Labute approximate surface area is 107 Å². The monoisotopic (exact) mass is 246 g/mol. The Morgan fingerprint density at radius 2 is 2.22 bits per heavy atom. The number of hydrogen-bond donors (Lipinski definition) is 0. The molecular formula is C15H18O3. The Hall–Kier alpha value is -1.61. The topological polar surface area (TPSA) is 38.8 Å². The molecule has 96 valence electrons.